The molecule has 9 heteroatoms. The van der Waals surface area contributed by atoms with Gasteiger partial charge in [0.25, 0.3) is 0 Å². The normalized spacial score (nSPS) is 12.4. The number of hydrogen-bond acceptors (Lipinski definition) is 8. The van der Waals surface area contributed by atoms with E-state index in [9.17, 15) is 9.90 Å². The first kappa shape index (κ1) is 13.9. The second-order valence-electron chi connectivity index (χ2n) is 3.12. The van der Waals surface area contributed by atoms with Gasteiger partial charge in [0.1, 0.15) is 6.54 Å². The number of ether oxygens (including phenoxy) is 2. The SMILES string of the molecule is COCC(O)CSc1nnnn1CC(=O)OC. The van der Waals surface area contributed by atoms with E-state index in [1.807, 2.05) is 0 Å². The van der Waals surface area contributed by atoms with Gasteiger partial charge in [0, 0.05) is 12.9 Å². The van der Waals surface area contributed by atoms with Crippen molar-refractivity contribution < 1.29 is 19.4 Å². The van der Waals surface area contributed by atoms with Crippen molar-refractivity contribution in [1.29, 1.82) is 0 Å². The Morgan fingerprint density at radius 3 is 3.00 bits per heavy atom. The van der Waals surface area contributed by atoms with E-state index < -0.39 is 12.1 Å². The highest BCUT2D eigenvalue weighted by Gasteiger charge is 2.13. The summed E-state index contributed by atoms with van der Waals surface area (Å²) in [6, 6.07) is 0. The van der Waals surface area contributed by atoms with E-state index in [1.54, 1.807) is 0 Å². The number of aromatic nitrogens is 4. The molecule has 1 rings (SSSR count). The summed E-state index contributed by atoms with van der Waals surface area (Å²) in [5, 5.41) is 20.7. The van der Waals surface area contributed by atoms with Crippen LogP contribution in [0.1, 0.15) is 0 Å². The topological polar surface area (TPSA) is 99.4 Å². The number of aliphatic hydroxyl groups is 1. The molecule has 17 heavy (non-hydrogen) atoms. The highest BCUT2D eigenvalue weighted by Crippen LogP contribution is 2.14. The van der Waals surface area contributed by atoms with Crippen LogP contribution in [0.5, 0.6) is 0 Å². The molecule has 0 aliphatic rings. The number of methoxy groups -OCH3 is 2. The summed E-state index contributed by atoms with van der Waals surface area (Å²) >= 11 is 1.24. The molecule has 0 radical (unpaired) electrons. The predicted octanol–water partition coefficient (Wildman–Crippen LogP) is -1.05. The molecular weight excluding hydrogens is 248 g/mol. The van der Waals surface area contributed by atoms with E-state index >= 15 is 0 Å². The summed E-state index contributed by atoms with van der Waals surface area (Å²) in [5.74, 6) is -0.0494. The lowest BCUT2D eigenvalue weighted by atomic mass is 10.4. The molecule has 0 saturated heterocycles. The van der Waals surface area contributed by atoms with Crippen molar-refractivity contribution in [3.63, 3.8) is 0 Å². The summed E-state index contributed by atoms with van der Waals surface area (Å²) in [6.45, 7) is 0.192. The zero-order valence-electron chi connectivity index (χ0n) is 9.57. The van der Waals surface area contributed by atoms with Gasteiger partial charge in [-0.05, 0) is 10.4 Å². The maximum absolute atomic E-state index is 11.1. The van der Waals surface area contributed by atoms with Crippen molar-refractivity contribution in [2.24, 2.45) is 0 Å². The Bertz CT molecular complexity index is 359. The molecule has 0 spiro atoms. The lowest BCUT2D eigenvalue weighted by Gasteiger charge is -2.08. The second-order valence-corrected chi connectivity index (χ2v) is 4.10. The maximum atomic E-state index is 11.1. The molecule has 0 fully saturated rings. The summed E-state index contributed by atoms with van der Waals surface area (Å²) in [5.41, 5.74) is 0. The van der Waals surface area contributed by atoms with Crippen LogP contribution in [-0.2, 0) is 20.8 Å². The number of tetrazole rings is 1. The summed E-state index contributed by atoms with van der Waals surface area (Å²) in [4.78, 5) is 11.1. The fourth-order valence-electron chi connectivity index (χ4n) is 0.997. The van der Waals surface area contributed by atoms with Crippen molar-refractivity contribution >= 4 is 17.7 Å². The van der Waals surface area contributed by atoms with Crippen molar-refractivity contribution in [3.8, 4) is 0 Å². The third-order valence-corrected chi connectivity index (χ3v) is 2.87. The monoisotopic (exact) mass is 262 g/mol. The van der Waals surface area contributed by atoms with Crippen molar-refractivity contribution in [1.82, 2.24) is 20.2 Å². The number of rotatable bonds is 7. The lowest BCUT2D eigenvalue weighted by molar-refractivity contribution is -0.141. The number of thioether (sulfide) groups is 1. The molecule has 1 unspecified atom stereocenters. The van der Waals surface area contributed by atoms with E-state index in [4.69, 9.17) is 4.74 Å². The number of carbonyl (C=O) groups excluding carboxylic acids is 1. The zero-order chi connectivity index (χ0) is 12.7. The summed E-state index contributed by atoms with van der Waals surface area (Å²) in [6.07, 6.45) is -0.603. The molecule has 8 nitrogen and oxygen atoms in total. The van der Waals surface area contributed by atoms with Gasteiger partial charge < -0.3 is 14.6 Å². The molecule has 1 aromatic rings. The van der Waals surface area contributed by atoms with Crippen LogP contribution in [0.3, 0.4) is 0 Å². The maximum Gasteiger partial charge on any atom is 0.327 e. The average Bonchev–Trinajstić information content (AvgIpc) is 2.74. The first-order valence-electron chi connectivity index (χ1n) is 4.80. The Kier molecular flexibility index (Phi) is 5.87. The van der Waals surface area contributed by atoms with Crippen LogP contribution in [0.15, 0.2) is 5.16 Å². The van der Waals surface area contributed by atoms with Gasteiger partial charge in [-0.2, -0.15) is 0 Å². The fourth-order valence-corrected chi connectivity index (χ4v) is 1.78. The molecule has 0 bridgehead atoms. The number of carbonyl (C=O) groups is 1. The van der Waals surface area contributed by atoms with Gasteiger partial charge in [0.2, 0.25) is 5.16 Å². The Morgan fingerprint density at radius 2 is 2.35 bits per heavy atom. The highest BCUT2D eigenvalue weighted by atomic mass is 32.2. The molecule has 0 aromatic carbocycles. The molecule has 96 valence electrons. The summed E-state index contributed by atoms with van der Waals surface area (Å²) in [7, 11) is 2.80. The van der Waals surface area contributed by atoms with Crippen LogP contribution in [0.4, 0.5) is 0 Å². The zero-order valence-corrected chi connectivity index (χ0v) is 10.4. The highest BCUT2D eigenvalue weighted by molar-refractivity contribution is 7.99. The van der Waals surface area contributed by atoms with Gasteiger partial charge in [-0.15, -0.1) is 5.10 Å². The Hall–Kier alpha value is -1.19. The molecular formula is C8H14N4O4S. The Balaban J connectivity index is 2.48. The molecule has 0 saturated carbocycles. The van der Waals surface area contributed by atoms with Crippen LogP contribution in [-0.4, -0.2) is 64.0 Å². The standard InChI is InChI=1S/C8H14N4O4S/c1-15-4-6(13)5-17-8-9-10-11-12(8)3-7(14)16-2/h6,13H,3-5H2,1-2H3. The Labute approximate surface area is 102 Å². The third-order valence-electron chi connectivity index (χ3n) is 1.77. The lowest BCUT2D eigenvalue weighted by Crippen LogP contribution is -2.18. The van der Waals surface area contributed by atoms with Crippen LogP contribution in [0.2, 0.25) is 0 Å². The van der Waals surface area contributed by atoms with Gasteiger partial charge >= 0.3 is 5.97 Å². The van der Waals surface area contributed by atoms with Crippen LogP contribution < -0.4 is 0 Å². The predicted molar refractivity (Wildman–Crippen MR) is 58.4 cm³/mol. The Morgan fingerprint density at radius 1 is 1.59 bits per heavy atom. The number of nitrogens with zero attached hydrogens (tertiary/aromatic N) is 4. The number of esters is 1. The van der Waals surface area contributed by atoms with E-state index in [0.29, 0.717) is 10.9 Å². The van der Waals surface area contributed by atoms with E-state index in [0.717, 1.165) is 0 Å². The molecule has 1 heterocycles. The van der Waals surface area contributed by atoms with Gasteiger partial charge in [-0.25, -0.2) is 4.68 Å². The van der Waals surface area contributed by atoms with Crippen LogP contribution in [0, 0.1) is 0 Å². The molecule has 0 amide bonds. The van der Waals surface area contributed by atoms with E-state index in [2.05, 4.69) is 20.3 Å². The van der Waals surface area contributed by atoms with Gasteiger partial charge in [0.05, 0.1) is 19.8 Å². The van der Waals surface area contributed by atoms with Crippen molar-refractivity contribution in [3.05, 3.63) is 0 Å². The second kappa shape index (κ2) is 7.20. The minimum absolute atomic E-state index is 0.0494. The molecule has 0 aliphatic carbocycles. The quantitative estimate of drug-likeness (QED) is 0.490. The third kappa shape index (κ3) is 4.67. The minimum atomic E-state index is -0.603. The van der Waals surface area contributed by atoms with Crippen molar-refractivity contribution in [2.75, 3.05) is 26.6 Å². The van der Waals surface area contributed by atoms with Crippen LogP contribution >= 0.6 is 11.8 Å². The number of aliphatic hydroxyl groups excluding tert-OH is 1. The molecule has 1 atom stereocenters. The molecule has 1 aromatic heterocycles. The van der Waals surface area contributed by atoms with Crippen molar-refractivity contribution in [2.45, 2.75) is 17.8 Å². The first-order valence-corrected chi connectivity index (χ1v) is 5.78. The molecule has 1 N–H and O–H groups in total. The average molecular weight is 262 g/mol. The largest absolute Gasteiger partial charge is 0.468 e. The van der Waals surface area contributed by atoms with E-state index in [1.165, 1.54) is 30.7 Å². The van der Waals surface area contributed by atoms with E-state index in [-0.39, 0.29) is 13.2 Å². The minimum Gasteiger partial charge on any atom is -0.468 e. The smallest absolute Gasteiger partial charge is 0.327 e. The van der Waals surface area contributed by atoms with Gasteiger partial charge in [-0.3, -0.25) is 4.79 Å². The van der Waals surface area contributed by atoms with Gasteiger partial charge in [0.15, 0.2) is 0 Å². The van der Waals surface area contributed by atoms with Crippen LogP contribution in [0.25, 0.3) is 0 Å². The number of hydrogen-bond donors (Lipinski definition) is 1. The first-order chi connectivity index (χ1) is 8.17. The van der Waals surface area contributed by atoms with Gasteiger partial charge in [-0.1, -0.05) is 11.8 Å². The fraction of sp³-hybridized carbons (Fsp3) is 0.750. The molecule has 0 aliphatic heterocycles. The summed E-state index contributed by atoms with van der Waals surface area (Å²) < 4.78 is 10.6.